The summed E-state index contributed by atoms with van der Waals surface area (Å²) in [5.41, 5.74) is 0. The molecule has 0 bridgehead atoms. The van der Waals surface area contributed by atoms with Crippen molar-refractivity contribution in [2.24, 2.45) is 0 Å². The molecule has 0 amide bonds. The van der Waals surface area contributed by atoms with Crippen LogP contribution in [0.1, 0.15) is 0 Å². The molecule has 0 unspecified atom stereocenters. The Morgan fingerprint density at radius 1 is 1.40 bits per heavy atom. The van der Waals surface area contributed by atoms with Gasteiger partial charge in [-0.15, -0.1) is 0 Å². The molecule has 0 atom stereocenters. The van der Waals surface area contributed by atoms with Crippen molar-refractivity contribution in [3.05, 3.63) is 0 Å². The van der Waals surface area contributed by atoms with Crippen molar-refractivity contribution in [1.82, 2.24) is 0 Å². The van der Waals surface area contributed by atoms with Crippen LogP contribution in [0.2, 0.25) is 0 Å². The van der Waals surface area contributed by atoms with E-state index in [1.165, 1.54) is 0 Å². The molecule has 0 aromatic heterocycles. The van der Waals surface area contributed by atoms with E-state index in [4.69, 9.17) is 10.3 Å². The van der Waals surface area contributed by atoms with Crippen LogP contribution >= 0.6 is 0 Å². The molecule has 0 aromatic carbocycles. The Morgan fingerprint density at radius 3 is 1.40 bits per heavy atom. The molecular weight excluding hydrogens is 184 g/mol. The minimum Gasteiger partial charge on any atom is -0.396 e. The molecule has 0 saturated carbocycles. The summed E-state index contributed by atoms with van der Waals surface area (Å²) in [4.78, 5) is 0. The van der Waals surface area contributed by atoms with E-state index in [9.17, 15) is 0 Å². The van der Waals surface area contributed by atoms with Gasteiger partial charge in [-0.05, 0) is 3.44 Å². The maximum atomic E-state index is 8.68. The summed E-state index contributed by atoms with van der Waals surface area (Å²) in [5, 5.41) is 0. The molecule has 0 aliphatic carbocycles. The van der Waals surface area contributed by atoms with Crippen molar-refractivity contribution in [1.29, 1.82) is 0 Å². The Kier molecular flexibility index (Phi) is 8.83. The predicted molar refractivity (Wildman–Crippen MR) is 10.8 cm³/mol. The fourth-order valence-corrected chi connectivity index (χ4v) is 0. The predicted octanol–water partition coefficient (Wildman–Crippen LogP) is -6.85. The summed E-state index contributed by atoms with van der Waals surface area (Å²) in [6.45, 7) is 0. The first kappa shape index (κ1) is 9.24. The Labute approximate surface area is 41.9 Å². The topological polar surface area (TPSA) is 66.3 Å². The first-order valence-corrected chi connectivity index (χ1v) is 3.20. The van der Waals surface area contributed by atoms with Crippen LogP contribution in [0.3, 0.4) is 0 Å². The molecule has 3 nitrogen and oxygen atoms in total. The van der Waals surface area contributed by atoms with Crippen LogP contribution in [0, 0.1) is 0 Å². The van der Waals surface area contributed by atoms with Gasteiger partial charge in [0.15, 0.2) is 0 Å². The van der Waals surface area contributed by atoms with Crippen molar-refractivity contribution in [2.45, 2.75) is 0 Å². The van der Waals surface area contributed by atoms with Gasteiger partial charge in [-0.1, -0.05) is 0 Å². The van der Waals surface area contributed by atoms with Gasteiger partial charge in [-0.2, -0.15) is 0 Å². The van der Waals surface area contributed by atoms with Crippen molar-refractivity contribution < 1.29 is 31.4 Å². The third-order valence-electron chi connectivity index (χ3n) is 0. The molecule has 0 aliphatic rings. The summed E-state index contributed by atoms with van der Waals surface area (Å²) >= 11 is -3.76. The van der Waals surface area contributed by atoms with Gasteiger partial charge in [0, 0.05) is 0 Å². The zero-order valence-electron chi connectivity index (χ0n) is 1.64. The van der Waals surface area contributed by atoms with E-state index < -0.39 is 21.1 Å². The fourth-order valence-electron chi connectivity index (χ4n) is 0. The van der Waals surface area contributed by atoms with Gasteiger partial charge in [-0.3, -0.25) is 0 Å². The monoisotopic (exact) mass is 187 g/mol. The van der Waals surface area contributed by atoms with E-state index in [-0.39, 0.29) is 10.1 Å². The second kappa shape index (κ2) is 4.78. The van der Waals surface area contributed by atoms with Crippen molar-refractivity contribution >= 4 is 10.1 Å². The van der Waals surface area contributed by atoms with Crippen LogP contribution in [0.5, 0.6) is 0 Å². The van der Waals surface area contributed by atoms with E-state index in [1.54, 1.807) is 0 Å². The molecule has 5 heteroatoms. The molecule has 0 rings (SSSR count). The number of hydrogen-bond donors (Lipinski definition) is 1. The average Bonchev–Trinajstić information content (AvgIpc) is 0.811. The van der Waals surface area contributed by atoms with Gasteiger partial charge in [0.1, 0.15) is 0 Å². The van der Waals surface area contributed by atoms with Gasteiger partial charge < -0.3 is 6.87 Å². The van der Waals surface area contributed by atoms with E-state index in [0.29, 0.717) is 0 Å². The molecule has 0 spiro atoms. The van der Waals surface area contributed by atoms with E-state index in [0.717, 1.165) is 0 Å². The zero-order chi connectivity index (χ0) is 3.58. The molecule has 0 fully saturated rings. The van der Waals surface area contributed by atoms with Crippen LogP contribution in [0.4, 0.5) is 0 Å². The van der Waals surface area contributed by atoms with Crippen molar-refractivity contribution in [2.75, 3.05) is 0 Å². The minimum atomic E-state index is -3.76. The van der Waals surface area contributed by atoms with Crippen LogP contribution in [0.25, 0.3) is 0 Å². The quantitative estimate of drug-likeness (QED) is 0.302. The second-order valence-electron chi connectivity index (χ2n) is 0.201. The SMILES string of the molecule is [BeH2].[O-][I+2]([O-])O. The van der Waals surface area contributed by atoms with Gasteiger partial charge in [0.25, 0.3) is 0 Å². The molecule has 5 heavy (non-hydrogen) atoms. The third-order valence-corrected chi connectivity index (χ3v) is 0. The van der Waals surface area contributed by atoms with Crippen LogP contribution in [-0.2, 0) is 0 Å². The van der Waals surface area contributed by atoms with Crippen molar-refractivity contribution in [3.8, 4) is 0 Å². The molecule has 0 aromatic rings. The second-order valence-corrected chi connectivity index (χ2v) is 1.35. The molecule has 1 N–H and O–H groups in total. The van der Waals surface area contributed by atoms with Crippen LogP contribution < -0.4 is 27.9 Å². The van der Waals surface area contributed by atoms with Gasteiger partial charge in [-0.25, -0.2) is 0 Å². The number of hydrogen-bond acceptors (Lipinski definition) is 3. The Bertz CT molecular complexity index is 11.6. The first-order chi connectivity index (χ1) is 1.73. The Hall–Kier alpha value is 0.779. The summed E-state index contributed by atoms with van der Waals surface area (Å²) in [6, 6.07) is 0. The molecule has 0 aliphatic heterocycles. The Morgan fingerprint density at radius 2 is 1.40 bits per heavy atom. The van der Waals surface area contributed by atoms with Gasteiger partial charge in [0.05, 0.1) is 0 Å². The zero-order valence-corrected chi connectivity index (χ0v) is 3.80. The Balaban J connectivity index is 0. The van der Waals surface area contributed by atoms with Gasteiger partial charge >= 0.3 is 31.2 Å². The smallest absolute Gasteiger partial charge is 0.396 e. The fraction of sp³-hybridized carbons (Fsp3) is 0. The standard InChI is InChI=1S/Be.HIO3.2H/c;2-1(3)4;;/h;2H;;. The third kappa shape index (κ3) is 60.8. The molecule has 0 heterocycles. The summed E-state index contributed by atoms with van der Waals surface area (Å²) in [6.07, 6.45) is 0. The summed E-state index contributed by atoms with van der Waals surface area (Å²) < 4.78 is 24.5. The normalized spacial score (nSPS) is 7.20. The number of halogens is 1. The first-order valence-electron chi connectivity index (χ1n) is 0.478. The van der Waals surface area contributed by atoms with Gasteiger partial charge in [0.2, 0.25) is 0 Å². The summed E-state index contributed by atoms with van der Waals surface area (Å²) in [5.74, 6) is 0. The summed E-state index contributed by atoms with van der Waals surface area (Å²) in [7, 11) is 0. The largest absolute Gasteiger partial charge is 0.503 e. The minimum absolute atomic E-state index is 0. The molecule has 0 saturated heterocycles. The van der Waals surface area contributed by atoms with E-state index in [2.05, 4.69) is 0 Å². The van der Waals surface area contributed by atoms with Crippen LogP contribution in [0.15, 0.2) is 0 Å². The van der Waals surface area contributed by atoms with Crippen molar-refractivity contribution in [3.63, 3.8) is 0 Å². The maximum Gasteiger partial charge on any atom is 0.503 e. The van der Waals surface area contributed by atoms with E-state index >= 15 is 0 Å². The van der Waals surface area contributed by atoms with Crippen LogP contribution in [-0.4, -0.2) is 13.6 Å². The molecular formula is H3BeIO3. The molecule has 0 radical (unpaired) electrons. The molecule has 30 valence electrons. The average molecular weight is 187 g/mol. The van der Waals surface area contributed by atoms with E-state index in [1.807, 2.05) is 0 Å². The number of rotatable bonds is 0. The maximum absolute atomic E-state index is 8.68.